The summed E-state index contributed by atoms with van der Waals surface area (Å²) in [6, 6.07) is 8.70. The normalized spacial score (nSPS) is 17.0. The molecule has 1 aliphatic rings. The molecule has 0 unspecified atom stereocenters. The van der Waals surface area contributed by atoms with E-state index in [0.717, 1.165) is 25.8 Å². The van der Waals surface area contributed by atoms with E-state index in [0.29, 0.717) is 29.6 Å². The van der Waals surface area contributed by atoms with Crippen molar-refractivity contribution in [2.75, 3.05) is 13.1 Å². The number of rotatable bonds is 5. The third kappa shape index (κ3) is 4.16. The largest absolute Gasteiger partial charge is 0.378 e. The molecule has 6 heteroatoms. The van der Waals surface area contributed by atoms with Crippen LogP contribution in [0.4, 0.5) is 0 Å². The van der Waals surface area contributed by atoms with Crippen molar-refractivity contribution in [3.05, 3.63) is 53.3 Å². The maximum Gasteiger partial charge on any atom is 0.256 e. The lowest BCUT2D eigenvalue weighted by Gasteiger charge is -2.33. The fourth-order valence-electron chi connectivity index (χ4n) is 3.15. The van der Waals surface area contributed by atoms with Crippen molar-refractivity contribution in [2.45, 2.75) is 31.9 Å². The van der Waals surface area contributed by atoms with Gasteiger partial charge in [-0.15, -0.1) is 0 Å². The van der Waals surface area contributed by atoms with Gasteiger partial charge in [-0.05, 0) is 48.9 Å². The zero-order valence-corrected chi connectivity index (χ0v) is 14.3. The smallest absolute Gasteiger partial charge is 0.256 e. The Hall–Kier alpha value is -1.85. The predicted octanol–water partition coefficient (Wildman–Crippen LogP) is 2.90. The van der Waals surface area contributed by atoms with Crippen molar-refractivity contribution in [1.29, 1.82) is 0 Å². The number of benzene rings is 1. The number of hydrogen-bond acceptors (Lipinski definition) is 3. The Labute approximate surface area is 146 Å². The van der Waals surface area contributed by atoms with Crippen molar-refractivity contribution in [3.8, 4) is 0 Å². The van der Waals surface area contributed by atoms with Crippen LogP contribution in [0.25, 0.3) is 0 Å². The predicted molar refractivity (Wildman–Crippen MR) is 92.6 cm³/mol. The first-order valence-electron chi connectivity index (χ1n) is 8.33. The minimum Gasteiger partial charge on any atom is -0.378 e. The number of likely N-dealkylation sites (tertiary alicyclic amines) is 1. The summed E-state index contributed by atoms with van der Waals surface area (Å²) in [5.41, 5.74) is 0.588. The van der Waals surface area contributed by atoms with Crippen LogP contribution in [0.2, 0.25) is 5.02 Å². The zero-order chi connectivity index (χ0) is 16.9. The number of piperidine rings is 1. The Morgan fingerprint density at radius 3 is 2.62 bits per heavy atom. The minimum absolute atomic E-state index is 0.220. The molecule has 1 fully saturated rings. The van der Waals surface area contributed by atoms with Crippen LogP contribution in [-0.2, 0) is 11.3 Å². The fourth-order valence-corrected chi connectivity index (χ4v) is 3.28. The van der Waals surface area contributed by atoms with Crippen LogP contribution in [-0.4, -0.2) is 38.8 Å². The molecule has 1 saturated heterocycles. The van der Waals surface area contributed by atoms with Gasteiger partial charge in [0.05, 0.1) is 0 Å². The summed E-state index contributed by atoms with van der Waals surface area (Å²) in [5, 5.41) is 15.1. The quantitative estimate of drug-likeness (QED) is 0.904. The van der Waals surface area contributed by atoms with Gasteiger partial charge in [0.2, 0.25) is 0 Å². The summed E-state index contributed by atoms with van der Waals surface area (Å²) in [6.45, 7) is 2.32. The zero-order valence-electron chi connectivity index (χ0n) is 13.5. The Morgan fingerprint density at radius 1 is 1.29 bits per heavy atom. The van der Waals surface area contributed by atoms with Gasteiger partial charge in [-0.1, -0.05) is 23.7 Å². The minimum atomic E-state index is -1.11. The molecule has 5 nitrogen and oxygen atoms in total. The Kier molecular flexibility index (Phi) is 5.53. The van der Waals surface area contributed by atoms with E-state index in [1.807, 2.05) is 16.9 Å². The molecule has 1 aliphatic heterocycles. The molecule has 0 aliphatic carbocycles. The van der Waals surface area contributed by atoms with Gasteiger partial charge in [0.25, 0.3) is 5.91 Å². The van der Waals surface area contributed by atoms with Crippen molar-refractivity contribution >= 4 is 17.5 Å². The average molecular weight is 348 g/mol. The molecule has 128 valence electrons. The molecule has 1 aromatic carbocycles. The summed E-state index contributed by atoms with van der Waals surface area (Å²) in [6.07, 6.45) is 5.67. The van der Waals surface area contributed by atoms with E-state index in [4.69, 9.17) is 11.6 Å². The summed E-state index contributed by atoms with van der Waals surface area (Å²) in [7, 11) is 0. The number of carbonyl (C=O) groups is 1. The van der Waals surface area contributed by atoms with Crippen LogP contribution >= 0.6 is 11.6 Å². The highest BCUT2D eigenvalue weighted by Gasteiger charge is 2.27. The van der Waals surface area contributed by atoms with E-state index >= 15 is 0 Å². The second-order valence-corrected chi connectivity index (χ2v) is 6.72. The van der Waals surface area contributed by atoms with Gasteiger partial charge in [0.15, 0.2) is 6.10 Å². The van der Waals surface area contributed by atoms with E-state index in [-0.39, 0.29) is 5.91 Å². The number of halogens is 1. The number of hydrogen-bond donors (Lipinski definition) is 1. The number of aliphatic hydroxyl groups excluding tert-OH is 1. The van der Waals surface area contributed by atoms with Crippen LogP contribution in [0.1, 0.15) is 30.9 Å². The highest BCUT2D eigenvalue weighted by molar-refractivity contribution is 6.30. The lowest BCUT2D eigenvalue weighted by Crippen LogP contribution is -2.41. The number of carbonyl (C=O) groups excluding carboxylic acids is 1. The number of aryl methyl sites for hydroxylation is 1. The van der Waals surface area contributed by atoms with Gasteiger partial charge < -0.3 is 10.0 Å². The average Bonchev–Trinajstić information content (AvgIpc) is 3.13. The molecule has 0 radical (unpaired) electrons. The lowest BCUT2D eigenvalue weighted by atomic mass is 9.93. The molecular formula is C18H22ClN3O2. The van der Waals surface area contributed by atoms with Crippen molar-refractivity contribution in [1.82, 2.24) is 14.7 Å². The Bertz CT molecular complexity index is 649. The Balaban J connectivity index is 1.48. The van der Waals surface area contributed by atoms with Crippen LogP contribution in [0.3, 0.4) is 0 Å². The first kappa shape index (κ1) is 17.0. The van der Waals surface area contributed by atoms with Crippen LogP contribution in [0.5, 0.6) is 0 Å². The van der Waals surface area contributed by atoms with Crippen molar-refractivity contribution in [3.63, 3.8) is 0 Å². The van der Waals surface area contributed by atoms with E-state index < -0.39 is 6.10 Å². The van der Waals surface area contributed by atoms with Crippen LogP contribution in [0.15, 0.2) is 42.7 Å². The number of aromatic nitrogens is 2. The second kappa shape index (κ2) is 7.81. The molecule has 1 N–H and O–H groups in total. The van der Waals surface area contributed by atoms with Crippen molar-refractivity contribution < 1.29 is 9.90 Å². The molecule has 2 aromatic rings. The molecule has 1 atom stereocenters. The second-order valence-electron chi connectivity index (χ2n) is 6.28. The van der Waals surface area contributed by atoms with Crippen molar-refractivity contribution in [2.24, 2.45) is 5.92 Å². The monoisotopic (exact) mass is 347 g/mol. The topological polar surface area (TPSA) is 58.4 Å². The third-order valence-electron chi connectivity index (χ3n) is 4.67. The fraction of sp³-hybridized carbons (Fsp3) is 0.444. The van der Waals surface area contributed by atoms with Gasteiger partial charge in [-0.25, -0.2) is 0 Å². The SMILES string of the molecule is O=C([C@@H](O)c1ccc(Cl)cc1)N1CCC(CCn2cccn2)CC1. The maximum atomic E-state index is 12.5. The summed E-state index contributed by atoms with van der Waals surface area (Å²) in [5.74, 6) is 0.383. The molecule has 2 heterocycles. The van der Waals surface area contributed by atoms with Gasteiger partial charge in [-0.3, -0.25) is 9.48 Å². The van der Waals surface area contributed by atoms with E-state index in [1.54, 1.807) is 35.4 Å². The number of aliphatic hydroxyl groups is 1. The molecule has 3 rings (SSSR count). The summed E-state index contributed by atoms with van der Waals surface area (Å²) < 4.78 is 1.95. The first-order valence-corrected chi connectivity index (χ1v) is 8.71. The van der Waals surface area contributed by atoms with Gasteiger partial charge in [0.1, 0.15) is 0 Å². The number of amides is 1. The maximum absolute atomic E-state index is 12.5. The first-order chi connectivity index (χ1) is 11.6. The van der Waals surface area contributed by atoms with E-state index in [9.17, 15) is 9.90 Å². The van der Waals surface area contributed by atoms with E-state index in [2.05, 4.69) is 5.10 Å². The molecule has 1 aromatic heterocycles. The molecular weight excluding hydrogens is 326 g/mol. The Morgan fingerprint density at radius 2 is 2.00 bits per heavy atom. The highest BCUT2D eigenvalue weighted by Crippen LogP contribution is 2.24. The standard InChI is InChI=1S/C18H22ClN3O2/c19-16-4-2-15(3-5-16)17(23)18(24)21-11-6-14(7-12-21)8-13-22-10-1-9-20-22/h1-5,9-10,14,17,23H,6-8,11-13H2/t17-/m0/s1. The van der Waals surface area contributed by atoms with Gasteiger partial charge >= 0.3 is 0 Å². The number of nitrogens with zero attached hydrogens (tertiary/aromatic N) is 3. The summed E-state index contributed by atoms with van der Waals surface area (Å²) >= 11 is 5.84. The third-order valence-corrected chi connectivity index (χ3v) is 4.92. The van der Waals surface area contributed by atoms with Crippen LogP contribution < -0.4 is 0 Å². The highest BCUT2D eigenvalue weighted by atomic mass is 35.5. The van der Waals surface area contributed by atoms with E-state index in [1.165, 1.54) is 0 Å². The molecule has 1 amide bonds. The van der Waals surface area contributed by atoms with Gasteiger partial charge in [-0.2, -0.15) is 5.10 Å². The summed E-state index contributed by atoms with van der Waals surface area (Å²) in [4.78, 5) is 14.2. The molecule has 24 heavy (non-hydrogen) atoms. The molecule has 0 saturated carbocycles. The molecule has 0 bridgehead atoms. The molecule has 0 spiro atoms. The van der Waals surface area contributed by atoms with Crippen LogP contribution in [0, 0.1) is 5.92 Å². The van der Waals surface area contributed by atoms with Gasteiger partial charge in [0, 0.05) is 37.1 Å². The lowest BCUT2D eigenvalue weighted by molar-refractivity contribution is -0.142.